The highest BCUT2D eigenvalue weighted by atomic mass is 16.5. The zero-order chi connectivity index (χ0) is 23.8. The van der Waals surface area contributed by atoms with Crippen LogP contribution in [0.5, 0.6) is 28.7 Å². The minimum absolute atomic E-state index is 0.0491. The van der Waals surface area contributed by atoms with E-state index in [0.29, 0.717) is 49.7 Å². The summed E-state index contributed by atoms with van der Waals surface area (Å²) in [6.45, 7) is 3.92. The summed E-state index contributed by atoms with van der Waals surface area (Å²) in [5.41, 5.74) is 1.81. The van der Waals surface area contributed by atoms with Crippen molar-refractivity contribution in [1.29, 1.82) is 0 Å². The molecule has 0 aromatic heterocycles. The molecule has 182 valence electrons. The summed E-state index contributed by atoms with van der Waals surface area (Å²) >= 11 is 0. The van der Waals surface area contributed by atoms with Gasteiger partial charge in [-0.05, 0) is 61.2 Å². The van der Waals surface area contributed by atoms with Crippen LogP contribution < -0.4 is 19.5 Å². The van der Waals surface area contributed by atoms with Crippen LogP contribution in [-0.2, 0) is 11.2 Å². The van der Waals surface area contributed by atoms with Crippen molar-refractivity contribution in [3.63, 3.8) is 0 Å². The van der Waals surface area contributed by atoms with Gasteiger partial charge in [0.15, 0.2) is 23.0 Å². The van der Waals surface area contributed by atoms with Crippen LogP contribution in [0.2, 0.25) is 0 Å². The number of benzene rings is 2. The number of ether oxygens (including phenoxy) is 4. The smallest absolute Gasteiger partial charge is 0.200 e. The molecule has 0 amide bonds. The summed E-state index contributed by atoms with van der Waals surface area (Å²) < 4.78 is 22.6. The molecular formula is C25H35NO7. The molecule has 0 aliphatic carbocycles. The molecule has 1 fully saturated rings. The number of phenolic OH excluding ortho intramolecular Hbond substituents is 2. The van der Waals surface area contributed by atoms with Crippen molar-refractivity contribution in [2.75, 3.05) is 33.9 Å². The zero-order valence-electron chi connectivity index (χ0n) is 19.5. The van der Waals surface area contributed by atoms with Gasteiger partial charge in [0.1, 0.15) is 6.61 Å². The Morgan fingerprint density at radius 1 is 1.03 bits per heavy atom. The van der Waals surface area contributed by atoms with Gasteiger partial charge in [-0.2, -0.15) is 0 Å². The number of methoxy groups -OCH3 is 2. The predicted octanol–water partition coefficient (Wildman–Crippen LogP) is 3.32. The van der Waals surface area contributed by atoms with Crippen LogP contribution in [0, 0.1) is 0 Å². The fourth-order valence-electron chi connectivity index (χ4n) is 4.06. The average Bonchev–Trinajstić information content (AvgIpc) is 2.81. The maximum absolute atomic E-state index is 10.5. The summed E-state index contributed by atoms with van der Waals surface area (Å²) in [6, 6.07) is 8.78. The van der Waals surface area contributed by atoms with Crippen molar-refractivity contribution in [3.8, 4) is 28.7 Å². The van der Waals surface area contributed by atoms with E-state index in [1.807, 2.05) is 19.1 Å². The second-order valence-corrected chi connectivity index (χ2v) is 8.19. The van der Waals surface area contributed by atoms with E-state index in [9.17, 15) is 15.3 Å². The largest absolute Gasteiger partial charge is 0.504 e. The molecule has 3 atom stereocenters. The lowest BCUT2D eigenvalue weighted by molar-refractivity contribution is -0.0999. The van der Waals surface area contributed by atoms with Gasteiger partial charge in [0.05, 0.1) is 32.5 Å². The molecule has 0 saturated carbocycles. The standard InChI is InChI=1S/C25H35NO7/c1-4-26-9-10-32-24-13-17(12-23(31-3)25(24)29)21-15-18(27)14-19(33-21)7-5-16-6-8-20(28)22(11-16)30-2/h6,8,11-13,18-19,21,26-29H,4-5,7,9-10,14-15H2,1-3H3/t18-,19-,21-/m0/s1. The lowest BCUT2D eigenvalue weighted by Gasteiger charge is -2.34. The fourth-order valence-corrected chi connectivity index (χ4v) is 4.06. The second-order valence-electron chi connectivity index (χ2n) is 8.19. The number of phenols is 2. The molecule has 2 aromatic rings. The molecule has 0 spiro atoms. The first-order chi connectivity index (χ1) is 15.9. The van der Waals surface area contributed by atoms with Crippen LogP contribution in [0.4, 0.5) is 0 Å². The summed E-state index contributed by atoms with van der Waals surface area (Å²) in [7, 11) is 3.01. The van der Waals surface area contributed by atoms with Gasteiger partial charge >= 0.3 is 0 Å². The number of likely N-dealkylation sites (N-methyl/N-ethyl adjacent to an activating group) is 1. The Morgan fingerprint density at radius 2 is 1.79 bits per heavy atom. The lowest BCUT2D eigenvalue weighted by Crippen LogP contribution is -2.31. The van der Waals surface area contributed by atoms with Crippen LogP contribution in [0.1, 0.15) is 43.4 Å². The van der Waals surface area contributed by atoms with Crippen LogP contribution in [0.25, 0.3) is 0 Å². The number of aliphatic hydroxyl groups excluding tert-OH is 1. The van der Waals surface area contributed by atoms with Gasteiger partial charge in [-0.15, -0.1) is 0 Å². The van der Waals surface area contributed by atoms with E-state index < -0.39 is 6.10 Å². The minimum Gasteiger partial charge on any atom is -0.504 e. The molecular weight excluding hydrogens is 426 g/mol. The number of aryl methyl sites for hydroxylation is 1. The average molecular weight is 462 g/mol. The second kappa shape index (κ2) is 12.0. The minimum atomic E-state index is -0.499. The number of rotatable bonds is 11. The molecule has 1 aliphatic rings. The van der Waals surface area contributed by atoms with Crippen molar-refractivity contribution >= 4 is 0 Å². The monoisotopic (exact) mass is 461 g/mol. The number of hydrogen-bond donors (Lipinski definition) is 4. The maximum atomic E-state index is 10.5. The van der Waals surface area contributed by atoms with Gasteiger partial charge in [0, 0.05) is 13.0 Å². The molecule has 3 rings (SSSR count). The molecule has 1 saturated heterocycles. The van der Waals surface area contributed by atoms with E-state index in [-0.39, 0.29) is 23.7 Å². The van der Waals surface area contributed by atoms with Crippen molar-refractivity contribution < 1.29 is 34.3 Å². The quantitative estimate of drug-likeness (QED) is 0.378. The third-order valence-electron chi connectivity index (χ3n) is 5.82. The molecule has 0 radical (unpaired) electrons. The Balaban J connectivity index is 1.70. The summed E-state index contributed by atoms with van der Waals surface area (Å²) in [6.07, 6.45) is 1.44. The molecule has 8 heteroatoms. The molecule has 1 aliphatic heterocycles. The maximum Gasteiger partial charge on any atom is 0.200 e. The van der Waals surface area contributed by atoms with Crippen molar-refractivity contribution in [2.24, 2.45) is 0 Å². The Labute approximate surface area is 195 Å². The number of aromatic hydroxyl groups is 2. The normalized spacial score (nSPS) is 20.4. The van der Waals surface area contributed by atoms with E-state index in [4.69, 9.17) is 18.9 Å². The van der Waals surface area contributed by atoms with E-state index in [0.717, 1.165) is 24.1 Å². The highest BCUT2D eigenvalue weighted by Crippen LogP contribution is 2.42. The van der Waals surface area contributed by atoms with E-state index in [1.165, 1.54) is 14.2 Å². The van der Waals surface area contributed by atoms with Crippen molar-refractivity contribution in [2.45, 2.75) is 50.9 Å². The Bertz CT molecular complexity index is 905. The fraction of sp³-hybridized carbons (Fsp3) is 0.520. The summed E-state index contributed by atoms with van der Waals surface area (Å²) in [5, 5.41) is 33.9. The molecule has 4 N–H and O–H groups in total. The SMILES string of the molecule is CCNCCOc1cc([C@@H]2C[C@@H](O)C[C@H](CCc3ccc(O)c(OC)c3)O2)cc(OC)c1O. The van der Waals surface area contributed by atoms with Gasteiger partial charge in [0.25, 0.3) is 0 Å². The first-order valence-electron chi connectivity index (χ1n) is 11.4. The van der Waals surface area contributed by atoms with Crippen LogP contribution in [-0.4, -0.2) is 61.4 Å². The Kier molecular flexibility index (Phi) is 9.05. The van der Waals surface area contributed by atoms with E-state index in [1.54, 1.807) is 18.2 Å². The Morgan fingerprint density at radius 3 is 2.52 bits per heavy atom. The first-order valence-corrected chi connectivity index (χ1v) is 11.4. The van der Waals surface area contributed by atoms with Gasteiger partial charge in [0.2, 0.25) is 5.75 Å². The summed E-state index contributed by atoms with van der Waals surface area (Å²) in [4.78, 5) is 0. The lowest BCUT2D eigenvalue weighted by atomic mass is 9.93. The highest BCUT2D eigenvalue weighted by molar-refractivity contribution is 5.53. The van der Waals surface area contributed by atoms with Gasteiger partial charge in [-0.3, -0.25) is 0 Å². The van der Waals surface area contributed by atoms with Crippen LogP contribution in [0.3, 0.4) is 0 Å². The van der Waals surface area contributed by atoms with Crippen LogP contribution >= 0.6 is 0 Å². The number of aliphatic hydroxyl groups is 1. The van der Waals surface area contributed by atoms with Gasteiger partial charge < -0.3 is 39.6 Å². The van der Waals surface area contributed by atoms with Crippen molar-refractivity contribution in [1.82, 2.24) is 5.32 Å². The molecule has 0 unspecified atom stereocenters. The van der Waals surface area contributed by atoms with Gasteiger partial charge in [-0.25, -0.2) is 0 Å². The molecule has 2 aromatic carbocycles. The predicted molar refractivity (Wildman–Crippen MR) is 125 cm³/mol. The third kappa shape index (κ3) is 6.66. The molecule has 0 bridgehead atoms. The zero-order valence-corrected chi connectivity index (χ0v) is 19.5. The molecule has 33 heavy (non-hydrogen) atoms. The molecule has 1 heterocycles. The highest BCUT2D eigenvalue weighted by Gasteiger charge is 2.30. The summed E-state index contributed by atoms with van der Waals surface area (Å²) in [5.74, 6) is 1.14. The molecule has 8 nitrogen and oxygen atoms in total. The number of hydrogen-bond acceptors (Lipinski definition) is 8. The third-order valence-corrected chi connectivity index (χ3v) is 5.82. The van der Waals surface area contributed by atoms with Crippen LogP contribution in [0.15, 0.2) is 30.3 Å². The van der Waals surface area contributed by atoms with Crippen molar-refractivity contribution in [3.05, 3.63) is 41.5 Å². The van der Waals surface area contributed by atoms with Gasteiger partial charge in [-0.1, -0.05) is 13.0 Å². The first kappa shape index (κ1) is 25.0. The number of nitrogens with one attached hydrogen (secondary N) is 1. The topological polar surface area (TPSA) is 110 Å². The van der Waals surface area contributed by atoms with E-state index >= 15 is 0 Å². The van der Waals surface area contributed by atoms with E-state index in [2.05, 4.69) is 5.32 Å². The Hall–Kier alpha value is -2.68.